The van der Waals surface area contributed by atoms with Crippen LogP contribution in [0.4, 0.5) is 10.5 Å². The van der Waals surface area contributed by atoms with Crippen LogP contribution >= 0.6 is 46.4 Å². The highest BCUT2D eigenvalue weighted by molar-refractivity contribution is 6.42. The van der Waals surface area contributed by atoms with Crippen molar-refractivity contribution in [2.24, 2.45) is 0 Å². The van der Waals surface area contributed by atoms with E-state index in [0.717, 1.165) is 0 Å². The lowest BCUT2D eigenvalue weighted by molar-refractivity contribution is 0.0967. The van der Waals surface area contributed by atoms with Crippen LogP contribution in [-0.2, 0) is 0 Å². The number of anilines is 1. The standard InChI is InChI=1S/C19H11Cl4N3O3/c20-12-6-5-11(8-15(12)23)29-16-7-4-10(9-24-16)25-19(28)26-18(27)17-13(21)2-1-3-14(17)22/h1-9H,(H2,25,26,27,28). The maximum Gasteiger partial charge on any atom is 0.326 e. The van der Waals surface area contributed by atoms with Gasteiger partial charge in [-0.25, -0.2) is 9.78 Å². The Hall–Kier alpha value is -2.51. The van der Waals surface area contributed by atoms with Gasteiger partial charge in [0.05, 0.1) is 37.5 Å². The van der Waals surface area contributed by atoms with Gasteiger partial charge >= 0.3 is 6.03 Å². The number of nitrogens with zero attached hydrogens (tertiary/aromatic N) is 1. The lowest BCUT2D eigenvalue weighted by Gasteiger charge is -2.09. The van der Waals surface area contributed by atoms with Crippen molar-refractivity contribution in [1.82, 2.24) is 10.3 Å². The second-order valence-corrected chi connectivity index (χ2v) is 7.20. The minimum atomic E-state index is -0.772. The molecule has 148 valence electrons. The first kappa shape index (κ1) is 21.2. The summed E-state index contributed by atoms with van der Waals surface area (Å²) in [5, 5.41) is 5.65. The van der Waals surface area contributed by atoms with E-state index < -0.39 is 11.9 Å². The van der Waals surface area contributed by atoms with Crippen LogP contribution in [0, 0.1) is 0 Å². The number of aromatic nitrogens is 1. The number of carbonyl (C=O) groups is 2. The Labute approximate surface area is 185 Å². The second-order valence-electron chi connectivity index (χ2n) is 5.57. The Morgan fingerprint density at radius 3 is 2.21 bits per heavy atom. The first-order chi connectivity index (χ1) is 13.8. The molecule has 1 aromatic heterocycles. The molecule has 1 heterocycles. The van der Waals surface area contributed by atoms with Crippen molar-refractivity contribution in [3.8, 4) is 11.6 Å². The summed E-state index contributed by atoms with van der Waals surface area (Å²) in [5.41, 5.74) is 0.344. The highest BCUT2D eigenvalue weighted by Crippen LogP contribution is 2.29. The number of hydrogen-bond acceptors (Lipinski definition) is 4. The minimum absolute atomic E-state index is 0.00878. The largest absolute Gasteiger partial charge is 0.439 e. The number of pyridine rings is 1. The zero-order chi connectivity index (χ0) is 21.0. The first-order valence-electron chi connectivity index (χ1n) is 7.99. The number of rotatable bonds is 4. The molecule has 3 aromatic rings. The van der Waals surface area contributed by atoms with Crippen molar-refractivity contribution in [2.45, 2.75) is 0 Å². The average Bonchev–Trinajstić information content (AvgIpc) is 2.66. The third kappa shape index (κ3) is 5.52. The van der Waals surface area contributed by atoms with Crippen molar-refractivity contribution in [3.63, 3.8) is 0 Å². The molecule has 0 atom stereocenters. The van der Waals surface area contributed by atoms with E-state index in [9.17, 15) is 9.59 Å². The van der Waals surface area contributed by atoms with Gasteiger partial charge in [-0.1, -0.05) is 52.5 Å². The fourth-order valence-electron chi connectivity index (χ4n) is 2.22. The summed E-state index contributed by atoms with van der Waals surface area (Å²) in [4.78, 5) is 28.3. The van der Waals surface area contributed by atoms with Crippen LogP contribution in [0.3, 0.4) is 0 Å². The Kier molecular flexibility index (Phi) is 6.82. The molecule has 2 N–H and O–H groups in total. The number of amides is 3. The molecule has 0 unspecified atom stereocenters. The molecular formula is C19H11Cl4N3O3. The molecule has 0 bridgehead atoms. The van der Waals surface area contributed by atoms with Gasteiger partial charge in [-0.15, -0.1) is 0 Å². The topological polar surface area (TPSA) is 80.3 Å². The number of halogens is 4. The molecule has 29 heavy (non-hydrogen) atoms. The third-order valence-corrected chi connectivity index (χ3v) is 4.89. The van der Waals surface area contributed by atoms with Crippen molar-refractivity contribution in [3.05, 3.63) is 80.4 Å². The van der Waals surface area contributed by atoms with Crippen LogP contribution in [0.5, 0.6) is 11.6 Å². The predicted molar refractivity (Wildman–Crippen MR) is 114 cm³/mol. The van der Waals surface area contributed by atoms with E-state index in [0.29, 0.717) is 21.5 Å². The van der Waals surface area contributed by atoms with E-state index in [4.69, 9.17) is 51.1 Å². The van der Waals surface area contributed by atoms with E-state index in [2.05, 4.69) is 15.6 Å². The number of imide groups is 1. The van der Waals surface area contributed by atoms with E-state index in [1.54, 1.807) is 30.3 Å². The quantitative estimate of drug-likeness (QED) is 0.459. The van der Waals surface area contributed by atoms with Crippen molar-refractivity contribution in [2.75, 3.05) is 5.32 Å². The van der Waals surface area contributed by atoms with Gasteiger partial charge in [0.25, 0.3) is 5.91 Å². The smallest absolute Gasteiger partial charge is 0.326 e. The summed E-state index contributed by atoms with van der Waals surface area (Å²) in [5.74, 6) is -0.00790. The molecule has 2 aromatic carbocycles. The lowest BCUT2D eigenvalue weighted by Crippen LogP contribution is -2.34. The van der Waals surface area contributed by atoms with E-state index in [-0.39, 0.29) is 21.5 Å². The molecule has 0 aliphatic rings. The monoisotopic (exact) mass is 469 g/mol. The zero-order valence-corrected chi connectivity index (χ0v) is 17.4. The van der Waals surface area contributed by atoms with Crippen LogP contribution < -0.4 is 15.4 Å². The highest BCUT2D eigenvalue weighted by Gasteiger charge is 2.17. The Morgan fingerprint density at radius 2 is 1.59 bits per heavy atom. The number of benzene rings is 2. The number of hydrogen-bond donors (Lipinski definition) is 2. The molecule has 0 aliphatic carbocycles. The van der Waals surface area contributed by atoms with Crippen LogP contribution in [-0.4, -0.2) is 16.9 Å². The molecule has 3 amide bonds. The molecular weight excluding hydrogens is 460 g/mol. The number of carbonyl (C=O) groups excluding carboxylic acids is 2. The molecule has 0 fully saturated rings. The van der Waals surface area contributed by atoms with Gasteiger partial charge in [-0.05, 0) is 30.3 Å². The van der Waals surface area contributed by atoms with Crippen molar-refractivity contribution >= 4 is 64.0 Å². The van der Waals surface area contributed by atoms with Gasteiger partial charge in [0.15, 0.2) is 0 Å². The summed E-state index contributed by atoms with van der Waals surface area (Å²) in [6.07, 6.45) is 1.36. The maximum atomic E-state index is 12.2. The molecule has 0 spiro atoms. The minimum Gasteiger partial charge on any atom is -0.439 e. The molecule has 6 nitrogen and oxygen atoms in total. The normalized spacial score (nSPS) is 10.3. The number of urea groups is 1. The van der Waals surface area contributed by atoms with E-state index in [1.165, 1.54) is 24.4 Å². The molecule has 0 saturated carbocycles. The van der Waals surface area contributed by atoms with Gasteiger partial charge in [-0.3, -0.25) is 10.1 Å². The lowest BCUT2D eigenvalue weighted by atomic mass is 10.2. The highest BCUT2D eigenvalue weighted by atomic mass is 35.5. The third-order valence-electron chi connectivity index (χ3n) is 3.52. The summed E-state index contributed by atoms with van der Waals surface area (Å²) in [6.45, 7) is 0. The van der Waals surface area contributed by atoms with Crippen LogP contribution in [0.15, 0.2) is 54.7 Å². The number of ether oxygens (including phenoxy) is 1. The van der Waals surface area contributed by atoms with Crippen molar-refractivity contribution < 1.29 is 14.3 Å². The molecule has 3 rings (SSSR count). The average molecular weight is 471 g/mol. The van der Waals surface area contributed by atoms with Crippen molar-refractivity contribution in [1.29, 1.82) is 0 Å². The summed E-state index contributed by atoms with van der Waals surface area (Å²) in [7, 11) is 0. The summed E-state index contributed by atoms with van der Waals surface area (Å²) >= 11 is 23.7. The zero-order valence-electron chi connectivity index (χ0n) is 14.4. The van der Waals surface area contributed by atoms with Gasteiger partial charge in [0, 0.05) is 12.1 Å². The summed E-state index contributed by atoms with van der Waals surface area (Å²) < 4.78 is 5.56. The van der Waals surface area contributed by atoms with Crippen LogP contribution in [0.25, 0.3) is 0 Å². The van der Waals surface area contributed by atoms with Crippen LogP contribution in [0.1, 0.15) is 10.4 Å². The predicted octanol–water partition coefficient (Wildman–Crippen LogP) is 6.45. The Balaban J connectivity index is 1.61. The first-order valence-corrected chi connectivity index (χ1v) is 9.50. The van der Waals surface area contributed by atoms with Gasteiger partial charge in [0.1, 0.15) is 5.75 Å². The second kappa shape index (κ2) is 9.33. The SMILES string of the molecule is O=C(NC(=O)c1c(Cl)cccc1Cl)Nc1ccc(Oc2ccc(Cl)c(Cl)c2)nc1. The maximum absolute atomic E-state index is 12.2. The van der Waals surface area contributed by atoms with Crippen LogP contribution in [0.2, 0.25) is 20.1 Å². The fourth-order valence-corrected chi connectivity index (χ4v) is 3.08. The molecule has 0 aliphatic heterocycles. The summed E-state index contributed by atoms with van der Waals surface area (Å²) in [6, 6.07) is 11.7. The molecule has 0 saturated heterocycles. The van der Waals surface area contributed by atoms with E-state index in [1.807, 2.05) is 0 Å². The molecule has 0 radical (unpaired) electrons. The molecule has 10 heteroatoms. The van der Waals surface area contributed by atoms with E-state index >= 15 is 0 Å². The number of nitrogens with one attached hydrogen (secondary N) is 2. The Bertz CT molecular complexity index is 1050. The van der Waals surface area contributed by atoms with Gasteiger partial charge in [-0.2, -0.15) is 0 Å². The van der Waals surface area contributed by atoms with Gasteiger partial charge in [0.2, 0.25) is 5.88 Å². The Morgan fingerprint density at radius 1 is 0.862 bits per heavy atom. The van der Waals surface area contributed by atoms with Gasteiger partial charge < -0.3 is 10.1 Å². The fraction of sp³-hybridized carbons (Fsp3) is 0.